The van der Waals surface area contributed by atoms with Gasteiger partial charge in [-0.3, -0.25) is 0 Å². The number of allylic oxidation sites excluding steroid dienone is 1. The van der Waals surface area contributed by atoms with Crippen molar-refractivity contribution in [1.29, 1.82) is 5.41 Å². The third-order valence-corrected chi connectivity index (χ3v) is 4.00. The van der Waals surface area contributed by atoms with E-state index in [2.05, 4.69) is 13.8 Å². The lowest BCUT2D eigenvalue weighted by Gasteiger charge is -2.28. The SMILES string of the molecule is CC(=N)C1CCCC(C(C)C)CC/C1=C/N. The lowest BCUT2D eigenvalue weighted by atomic mass is 9.77. The van der Waals surface area contributed by atoms with Crippen LogP contribution < -0.4 is 5.73 Å². The van der Waals surface area contributed by atoms with Gasteiger partial charge < -0.3 is 11.1 Å². The molecule has 0 aromatic rings. The molecule has 0 saturated heterocycles. The molecule has 1 rings (SSSR count). The van der Waals surface area contributed by atoms with Crippen molar-refractivity contribution >= 4 is 5.71 Å². The second-order valence-electron chi connectivity index (χ2n) is 5.45. The largest absolute Gasteiger partial charge is 0.405 e. The summed E-state index contributed by atoms with van der Waals surface area (Å²) in [5.74, 6) is 1.93. The zero-order valence-corrected chi connectivity index (χ0v) is 10.9. The maximum absolute atomic E-state index is 7.83. The van der Waals surface area contributed by atoms with Crippen molar-refractivity contribution < 1.29 is 0 Å². The Bertz CT molecular complexity index is 266. The molecule has 0 aromatic carbocycles. The number of nitrogens with one attached hydrogen (secondary N) is 1. The first kappa shape index (κ1) is 13.3. The fourth-order valence-corrected chi connectivity index (χ4v) is 2.80. The molecule has 1 aliphatic carbocycles. The zero-order valence-electron chi connectivity index (χ0n) is 10.9. The summed E-state index contributed by atoms with van der Waals surface area (Å²) in [5.41, 5.74) is 7.78. The lowest BCUT2D eigenvalue weighted by molar-refractivity contribution is 0.308. The first-order valence-electron chi connectivity index (χ1n) is 6.52. The van der Waals surface area contributed by atoms with Crippen LogP contribution in [0.3, 0.4) is 0 Å². The van der Waals surface area contributed by atoms with Crippen LogP contribution in [0.2, 0.25) is 0 Å². The summed E-state index contributed by atoms with van der Waals surface area (Å²) < 4.78 is 0. The van der Waals surface area contributed by atoms with Crippen LogP contribution in [0.1, 0.15) is 52.9 Å². The van der Waals surface area contributed by atoms with Gasteiger partial charge in [-0.1, -0.05) is 26.7 Å². The van der Waals surface area contributed by atoms with Crippen molar-refractivity contribution in [2.75, 3.05) is 0 Å². The molecule has 0 amide bonds. The normalized spacial score (nSPS) is 30.1. The van der Waals surface area contributed by atoms with Crippen LogP contribution in [0.5, 0.6) is 0 Å². The van der Waals surface area contributed by atoms with Gasteiger partial charge in [-0.05, 0) is 49.8 Å². The minimum absolute atomic E-state index is 0.318. The van der Waals surface area contributed by atoms with Gasteiger partial charge in [-0.2, -0.15) is 0 Å². The van der Waals surface area contributed by atoms with Crippen molar-refractivity contribution in [3.63, 3.8) is 0 Å². The molecule has 2 heteroatoms. The average Bonchev–Trinajstić information content (AvgIpc) is 2.16. The molecule has 0 heterocycles. The highest BCUT2D eigenvalue weighted by Gasteiger charge is 2.23. The van der Waals surface area contributed by atoms with E-state index in [4.69, 9.17) is 11.1 Å². The molecule has 1 fully saturated rings. The first-order chi connectivity index (χ1) is 7.56. The maximum Gasteiger partial charge on any atom is 0.0190 e. The van der Waals surface area contributed by atoms with Gasteiger partial charge in [0.05, 0.1) is 0 Å². The predicted molar refractivity (Wildman–Crippen MR) is 70.6 cm³/mol. The molecule has 2 atom stereocenters. The molecule has 0 bridgehead atoms. The van der Waals surface area contributed by atoms with E-state index in [9.17, 15) is 0 Å². The summed E-state index contributed by atoms with van der Waals surface area (Å²) in [5, 5.41) is 7.83. The molecular formula is C14H26N2. The first-order valence-corrected chi connectivity index (χ1v) is 6.52. The molecule has 0 aromatic heterocycles. The Hall–Kier alpha value is -0.790. The Balaban J connectivity index is 2.69. The summed E-state index contributed by atoms with van der Waals surface area (Å²) >= 11 is 0. The summed E-state index contributed by atoms with van der Waals surface area (Å²) in [4.78, 5) is 0. The van der Waals surface area contributed by atoms with Gasteiger partial charge in [0.15, 0.2) is 0 Å². The molecule has 92 valence electrons. The fraction of sp³-hybridized carbons (Fsp3) is 0.786. The number of hydrogen-bond donors (Lipinski definition) is 2. The Morgan fingerprint density at radius 3 is 2.56 bits per heavy atom. The van der Waals surface area contributed by atoms with E-state index in [1.807, 2.05) is 6.92 Å². The molecule has 0 aliphatic heterocycles. The van der Waals surface area contributed by atoms with Crippen molar-refractivity contribution in [3.8, 4) is 0 Å². The van der Waals surface area contributed by atoms with Gasteiger partial charge in [-0.25, -0.2) is 0 Å². The van der Waals surface area contributed by atoms with E-state index in [1.165, 1.54) is 24.8 Å². The Morgan fingerprint density at radius 1 is 1.38 bits per heavy atom. The molecule has 0 spiro atoms. The van der Waals surface area contributed by atoms with Crippen LogP contribution in [0.15, 0.2) is 11.8 Å². The molecule has 2 unspecified atom stereocenters. The van der Waals surface area contributed by atoms with Crippen molar-refractivity contribution in [2.45, 2.75) is 52.9 Å². The molecule has 1 saturated carbocycles. The Kier molecular flexibility index (Phi) is 5.04. The predicted octanol–water partition coefficient (Wildman–Crippen LogP) is 3.72. The quantitative estimate of drug-likeness (QED) is 0.687. The number of nitrogens with two attached hydrogens (primary N) is 1. The maximum atomic E-state index is 7.83. The van der Waals surface area contributed by atoms with Crippen LogP contribution in [-0.2, 0) is 0 Å². The smallest absolute Gasteiger partial charge is 0.0190 e. The van der Waals surface area contributed by atoms with Crippen molar-refractivity contribution in [1.82, 2.24) is 0 Å². The summed E-state index contributed by atoms with van der Waals surface area (Å²) in [6.45, 7) is 6.55. The van der Waals surface area contributed by atoms with Crippen molar-refractivity contribution in [2.24, 2.45) is 23.5 Å². The molecular weight excluding hydrogens is 196 g/mol. The molecule has 1 aliphatic rings. The summed E-state index contributed by atoms with van der Waals surface area (Å²) in [7, 11) is 0. The van der Waals surface area contributed by atoms with Crippen LogP contribution >= 0.6 is 0 Å². The van der Waals surface area contributed by atoms with Crippen molar-refractivity contribution in [3.05, 3.63) is 11.8 Å². The standard InChI is InChI=1S/C14H26N2/c1-10(2)12-5-4-6-14(11(3)16)13(9-15)8-7-12/h9-10,12,14,16H,4-8,15H2,1-3H3/b13-9-,16-11?. The van der Waals surface area contributed by atoms with Gasteiger partial charge in [0.25, 0.3) is 0 Å². The van der Waals surface area contributed by atoms with E-state index in [0.29, 0.717) is 5.92 Å². The fourth-order valence-electron chi connectivity index (χ4n) is 2.80. The minimum Gasteiger partial charge on any atom is -0.405 e. The van der Waals surface area contributed by atoms with E-state index in [-0.39, 0.29) is 0 Å². The Labute approximate surface area is 99.8 Å². The van der Waals surface area contributed by atoms with Gasteiger partial charge in [0.1, 0.15) is 0 Å². The van der Waals surface area contributed by atoms with Gasteiger partial charge in [0, 0.05) is 11.6 Å². The third kappa shape index (κ3) is 3.36. The van der Waals surface area contributed by atoms with E-state index >= 15 is 0 Å². The van der Waals surface area contributed by atoms with Crippen LogP contribution in [0.4, 0.5) is 0 Å². The average molecular weight is 222 g/mol. The zero-order chi connectivity index (χ0) is 12.1. The highest BCUT2D eigenvalue weighted by atomic mass is 14.5. The van der Waals surface area contributed by atoms with Crippen LogP contribution in [-0.4, -0.2) is 5.71 Å². The van der Waals surface area contributed by atoms with E-state index in [0.717, 1.165) is 30.4 Å². The Morgan fingerprint density at radius 2 is 2.06 bits per heavy atom. The van der Waals surface area contributed by atoms with Gasteiger partial charge in [-0.15, -0.1) is 0 Å². The van der Waals surface area contributed by atoms with Crippen LogP contribution in [0, 0.1) is 23.2 Å². The monoisotopic (exact) mass is 222 g/mol. The second-order valence-corrected chi connectivity index (χ2v) is 5.45. The molecule has 3 N–H and O–H groups in total. The molecule has 16 heavy (non-hydrogen) atoms. The number of hydrogen-bond acceptors (Lipinski definition) is 2. The van der Waals surface area contributed by atoms with Gasteiger partial charge >= 0.3 is 0 Å². The highest BCUT2D eigenvalue weighted by Crippen LogP contribution is 2.33. The third-order valence-electron chi connectivity index (χ3n) is 4.00. The molecule has 0 radical (unpaired) electrons. The molecule has 2 nitrogen and oxygen atoms in total. The number of rotatable bonds is 2. The van der Waals surface area contributed by atoms with Crippen LogP contribution in [0.25, 0.3) is 0 Å². The minimum atomic E-state index is 0.318. The summed E-state index contributed by atoms with van der Waals surface area (Å²) in [6.07, 6.45) is 7.75. The van der Waals surface area contributed by atoms with Gasteiger partial charge in [0.2, 0.25) is 0 Å². The second kappa shape index (κ2) is 6.07. The topological polar surface area (TPSA) is 49.9 Å². The summed E-state index contributed by atoms with van der Waals surface area (Å²) in [6, 6.07) is 0. The van der Waals surface area contributed by atoms with E-state index < -0.39 is 0 Å². The lowest BCUT2D eigenvalue weighted by Crippen LogP contribution is -2.20. The highest BCUT2D eigenvalue weighted by molar-refractivity contribution is 5.83. The van der Waals surface area contributed by atoms with E-state index in [1.54, 1.807) is 6.20 Å².